The molecule has 39 heavy (non-hydrogen) atoms. The molecule has 1 heterocycles. The largest absolute Gasteiger partial charge is 0.417 e. The summed E-state index contributed by atoms with van der Waals surface area (Å²) in [6.07, 6.45) is 2.04. The summed E-state index contributed by atoms with van der Waals surface area (Å²) < 4.78 is 39.3. The van der Waals surface area contributed by atoms with E-state index in [9.17, 15) is 22.8 Å². The van der Waals surface area contributed by atoms with Crippen LogP contribution in [0.4, 0.5) is 23.7 Å². The van der Waals surface area contributed by atoms with Crippen molar-refractivity contribution in [3.8, 4) is 0 Å². The van der Waals surface area contributed by atoms with Crippen LogP contribution in [0.3, 0.4) is 0 Å². The molecule has 0 radical (unpaired) electrons. The lowest BCUT2D eigenvalue weighted by atomic mass is 10.2. The number of halogens is 6. The minimum Gasteiger partial charge on any atom is -0.353 e. The highest BCUT2D eigenvalue weighted by Gasteiger charge is 2.33. The molecular weight excluding hydrogens is 576 g/mol. The molecule has 2 N–H and O–H groups in total. The Kier molecular flexibility index (Phi) is 11.8. The average Bonchev–Trinajstić information content (AvgIpc) is 3.13. The van der Waals surface area contributed by atoms with Crippen molar-refractivity contribution in [2.75, 3.05) is 44.6 Å². The van der Waals surface area contributed by atoms with Crippen molar-refractivity contribution in [2.24, 2.45) is 0 Å². The molecule has 0 spiro atoms. The van der Waals surface area contributed by atoms with Crippen molar-refractivity contribution in [1.82, 2.24) is 15.1 Å². The lowest BCUT2D eigenvalue weighted by Crippen LogP contribution is -2.38. The van der Waals surface area contributed by atoms with Crippen LogP contribution in [0.2, 0.25) is 15.1 Å². The first-order chi connectivity index (χ1) is 18.5. The van der Waals surface area contributed by atoms with Gasteiger partial charge >= 0.3 is 12.2 Å². The molecule has 0 unspecified atom stereocenters. The summed E-state index contributed by atoms with van der Waals surface area (Å²) in [6.45, 7) is 3.94. The SMILES string of the molecule is O=C(/C=C/c1ccc(Cl)c(Cl)c1)NCCCCCN1CCCN(C(=O)Nc2ccc(Cl)c(C(F)(F)F)c2)CC1. The van der Waals surface area contributed by atoms with Crippen LogP contribution >= 0.6 is 34.8 Å². The Morgan fingerprint density at radius 2 is 1.67 bits per heavy atom. The van der Waals surface area contributed by atoms with Crippen LogP contribution in [0.25, 0.3) is 6.08 Å². The molecule has 0 saturated carbocycles. The zero-order valence-electron chi connectivity index (χ0n) is 21.2. The fraction of sp³-hybridized carbons (Fsp3) is 0.407. The molecule has 3 rings (SSSR count). The molecule has 1 fully saturated rings. The van der Waals surface area contributed by atoms with E-state index in [1.807, 2.05) is 0 Å². The second-order valence-corrected chi connectivity index (χ2v) is 10.4. The molecule has 2 aromatic rings. The van der Waals surface area contributed by atoms with Gasteiger partial charge in [-0.25, -0.2) is 4.79 Å². The van der Waals surface area contributed by atoms with Crippen LogP contribution in [0.15, 0.2) is 42.5 Å². The zero-order chi connectivity index (χ0) is 28.4. The fourth-order valence-corrected chi connectivity index (χ4v) is 4.65. The Hall–Kier alpha value is -2.46. The van der Waals surface area contributed by atoms with Gasteiger partial charge in [0.1, 0.15) is 0 Å². The van der Waals surface area contributed by atoms with Gasteiger partial charge in [0.05, 0.1) is 20.6 Å². The number of urea groups is 1. The molecule has 1 saturated heterocycles. The third-order valence-corrected chi connectivity index (χ3v) is 7.29. The maximum absolute atomic E-state index is 13.1. The van der Waals surface area contributed by atoms with E-state index in [-0.39, 0.29) is 11.6 Å². The van der Waals surface area contributed by atoms with Gasteiger partial charge in [-0.1, -0.05) is 47.3 Å². The van der Waals surface area contributed by atoms with Gasteiger partial charge < -0.3 is 20.4 Å². The Balaban J connectivity index is 1.32. The summed E-state index contributed by atoms with van der Waals surface area (Å²) in [6, 6.07) is 8.04. The number of amides is 3. The molecule has 1 aliphatic rings. The minimum absolute atomic E-state index is 0.0507. The number of unbranched alkanes of at least 4 members (excludes halogenated alkanes) is 2. The van der Waals surface area contributed by atoms with Crippen molar-refractivity contribution < 1.29 is 22.8 Å². The third kappa shape index (κ3) is 10.2. The first kappa shape index (κ1) is 31.1. The molecule has 1 aliphatic heterocycles. The highest BCUT2D eigenvalue weighted by atomic mass is 35.5. The number of anilines is 1. The predicted octanol–water partition coefficient (Wildman–Crippen LogP) is 7.21. The second kappa shape index (κ2) is 14.8. The topological polar surface area (TPSA) is 64.7 Å². The first-order valence-corrected chi connectivity index (χ1v) is 13.7. The van der Waals surface area contributed by atoms with E-state index in [4.69, 9.17) is 34.8 Å². The lowest BCUT2D eigenvalue weighted by Gasteiger charge is -2.22. The van der Waals surface area contributed by atoms with E-state index in [1.165, 1.54) is 12.1 Å². The number of hydrogen-bond acceptors (Lipinski definition) is 3. The fourth-order valence-electron chi connectivity index (χ4n) is 4.12. The molecule has 212 valence electrons. The summed E-state index contributed by atoms with van der Waals surface area (Å²) in [7, 11) is 0. The maximum Gasteiger partial charge on any atom is 0.417 e. The normalized spacial score (nSPS) is 14.9. The van der Waals surface area contributed by atoms with E-state index in [0.717, 1.165) is 56.5 Å². The number of carbonyl (C=O) groups is 2. The Bertz CT molecular complexity index is 1180. The number of carbonyl (C=O) groups excluding carboxylic acids is 2. The van der Waals surface area contributed by atoms with Crippen molar-refractivity contribution >= 4 is 58.5 Å². The van der Waals surface area contributed by atoms with Gasteiger partial charge in [-0.15, -0.1) is 0 Å². The van der Waals surface area contributed by atoms with E-state index in [0.29, 0.717) is 36.2 Å². The lowest BCUT2D eigenvalue weighted by molar-refractivity contribution is -0.137. The highest BCUT2D eigenvalue weighted by Crippen LogP contribution is 2.36. The standard InChI is InChI=1S/C27H30Cl3F3N4O2/c28-22-9-7-20(18-21(22)27(31,32)33)35-26(39)37-14-4-13-36(15-16-37)12-3-1-2-11-34-25(38)10-6-19-5-8-23(29)24(30)17-19/h5-10,17-18H,1-4,11-16H2,(H,34,38)(H,35,39)/b10-6+. The molecule has 6 nitrogen and oxygen atoms in total. The number of benzene rings is 2. The van der Waals surface area contributed by atoms with Crippen LogP contribution in [-0.4, -0.2) is 61.0 Å². The average molecular weight is 606 g/mol. The molecule has 3 amide bonds. The summed E-state index contributed by atoms with van der Waals surface area (Å²) >= 11 is 17.5. The maximum atomic E-state index is 13.1. The molecule has 2 aromatic carbocycles. The van der Waals surface area contributed by atoms with Crippen molar-refractivity contribution in [3.63, 3.8) is 0 Å². The summed E-state index contributed by atoms with van der Waals surface area (Å²) in [5, 5.41) is 5.89. The molecule has 0 aliphatic carbocycles. The van der Waals surface area contributed by atoms with Crippen molar-refractivity contribution in [2.45, 2.75) is 31.9 Å². The summed E-state index contributed by atoms with van der Waals surface area (Å²) in [4.78, 5) is 28.5. The number of alkyl halides is 3. The van der Waals surface area contributed by atoms with Gasteiger partial charge in [0.2, 0.25) is 5.91 Å². The van der Waals surface area contributed by atoms with E-state index >= 15 is 0 Å². The van der Waals surface area contributed by atoms with Crippen LogP contribution in [0.1, 0.15) is 36.8 Å². The van der Waals surface area contributed by atoms with Gasteiger partial charge in [-0.05, 0) is 74.3 Å². The summed E-state index contributed by atoms with van der Waals surface area (Å²) in [5.74, 6) is -0.180. The van der Waals surface area contributed by atoms with Gasteiger partial charge in [-0.2, -0.15) is 13.2 Å². The van der Waals surface area contributed by atoms with Crippen LogP contribution in [-0.2, 0) is 11.0 Å². The van der Waals surface area contributed by atoms with Crippen LogP contribution in [0, 0.1) is 0 Å². The van der Waals surface area contributed by atoms with Crippen LogP contribution < -0.4 is 10.6 Å². The summed E-state index contributed by atoms with van der Waals surface area (Å²) in [5.41, 5.74) is -0.147. The predicted molar refractivity (Wildman–Crippen MR) is 150 cm³/mol. The third-order valence-electron chi connectivity index (χ3n) is 6.22. The van der Waals surface area contributed by atoms with E-state index < -0.39 is 22.8 Å². The van der Waals surface area contributed by atoms with Gasteiger partial charge in [0, 0.05) is 37.9 Å². The quantitative estimate of drug-likeness (QED) is 0.235. The molecule has 12 heteroatoms. The Morgan fingerprint density at radius 3 is 2.41 bits per heavy atom. The number of rotatable bonds is 9. The van der Waals surface area contributed by atoms with Gasteiger partial charge in [0.15, 0.2) is 0 Å². The van der Waals surface area contributed by atoms with E-state index in [1.54, 1.807) is 29.2 Å². The van der Waals surface area contributed by atoms with Crippen LogP contribution in [0.5, 0.6) is 0 Å². The minimum atomic E-state index is -4.60. The van der Waals surface area contributed by atoms with Crippen molar-refractivity contribution in [3.05, 3.63) is 68.7 Å². The number of nitrogens with zero attached hydrogens (tertiary/aromatic N) is 2. The van der Waals surface area contributed by atoms with E-state index in [2.05, 4.69) is 15.5 Å². The Labute approximate surface area is 241 Å². The second-order valence-electron chi connectivity index (χ2n) is 9.16. The number of nitrogens with one attached hydrogen (secondary N) is 2. The Morgan fingerprint density at radius 1 is 0.897 bits per heavy atom. The zero-order valence-corrected chi connectivity index (χ0v) is 23.4. The monoisotopic (exact) mass is 604 g/mol. The molecule has 0 aromatic heterocycles. The molecule has 0 atom stereocenters. The first-order valence-electron chi connectivity index (χ1n) is 12.6. The molecular formula is C27H30Cl3F3N4O2. The highest BCUT2D eigenvalue weighted by molar-refractivity contribution is 6.42. The number of hydrogen-bond donors (Lipinski definition) is 2. The smallest absolute Gasteiger partial charge is 0.353 e. The van der Waals surface area contributed by atoms with Gasteiger partial charge in [0.25, 0.3) is 0 Å². The van der Waals surface area contributed by atoms with Gasteiger partial charge in [-0.3, -0.25) is 4.79 Å². The molecule has 0 bridgehead atoms. The van der Waals surface area contributed by atoms with Crippen molar-refractivity contribution in [1.29, 1.82) is 0 Å².